The molecule has 0 bridgehead atoms. The molecule has 1 unspecified atom stereocenters. The Hall–Kier alpha value is -3.12. The van der Waals surface area contributed by atoms with Crippen LogP contribution < -0.4 is 10.4 Å². The molecule has 0 fully saturated rings. The number of thiazole rings is 1. The van der Waals surface area contributed by atoms with E-state index in [0.717, 1.165) is 23.3 Å². The second-order valence-corrected chi connectivity index (χ2v) is 7.88. The highest BCUT2D eigenvalue weighted by Gasteiger charge is 2.33. The van der Waals surface area contributed by atoms with Crippen molar-refractivity contribution >= 4 is 11.3 Å². The predicted octanol–water partition coefficient (Wildman–Crippen LogP) is 4.15. The van der Waals surface area contributed by atoms with Crippen molar-refractivity contribution in [3.8, 4) is 17.1 Å². The molecular weight excluding hydrogens is 370 g/mol. The largest absolute Gasteiger partial charge is 0.503 e. The van der Waals surface area contributed by atoms with Crippen molar-refractivity contribution in [1.29, 1.82) is 0 Å². The van der Waals surface area contributed by atoms with E-state index < -0.39 is 0 Å². The van der Waals surface area contributed by atoms with Gasteiger partial charge in [0.25, 0.3) is 0 Å². The first-order valence-corrected chi connectivity index (χ1v) is 10.2. The van der Waals surface area contributed by atoms with Crippen LogP contribution in [0.5, 0.6) is 5.75 Å². The van der Waals surface area contributed by atoms with Gasteiger partial charge in [0.05, 0.1) is 23.0 Å². The van der Waals surface area contributed by atoms with Crippen LogP contribution in [0.1, 0.15) is 29.3 Å². The molecule has 1 aromatic carbocycles. The van der Waals surface area contributed by atoms with Crippen molar-refractivity contribution in [2.24, 2.45) is 0 Å². The third kappa shape index (κ3) is 2.68. The number of rotatable bonds is 3. The molecule has 1 N–H and O–H groups in total. The zero-order chi connectivity index (χ0) is 19.1. The lowest BCUT2D eigenvalue weighted by Gasteiger charge is -2.40. The number of pyridine rings is 1. The molecule has 0 spiro atoms. The molecule has 3 aromatic rings. The van der Waals surface area contributed by atoms with Gasteiger partial charge in [-0.2, -0.15) is 0 Å². The predicted molar refractivity (Wildman–Crippen MR) is 111 cm³/mol. The molecule has 140 valence electrons. The van der Waals surface area contributed by atoms with Gasteiger partial charge in [0.1, 0.15) is 11.4 Å². The average Bonchev–Trinajstić information content (AvgIpc) is 3.21. The number of aromatic hydroxyl groups is 1. The summed E-state index contributed by atoms with van der Waals surface area (Å²) in [5, 5.41) is 12.8. The van der Waals surface area contributed by atoms with Gasteiger partial charge in [0.2, 0.25) is 5.43 Å². The quantitative estimate of drug-likeness (QED) is 0.731. The van der Waals surface area contributed by atoms with Crippen molar-refractivity contribution in [2.45, 2.75) is 25.4 Å². The van der Waals surface area contributed by atoms with Crippen LogP contribution in [0.4, 0.5) is 0 Å². The van der Waals surface area contributed by atoms with Crippen LogP contribution >= 0.6 is 11.3 Å². The Kier molecular flexibility index (Phi) is 4.13. The average molecular weight is 389 g/mol. The first kappa shape index (κ1) is 17.0. The molecule has 6 heteroatoms. The lowest BCUT2D eigenvalue weighted by Crippen LogP contribution is -2.42. The van der Waals surface area contributed by atoms with Crippen molar-refractivity contribution in [1.82, 2.24) is 9.66 Å². The molecule has 0 saturated heterocycles. The Labute approximate surface area is 166 Å². The van der Waals surface area contributed by atoms with E-state index in [1.54, 1.807) is 23.0 Å². The number of aromatic nitrogens is 2. The Morgan fingerprint density at radius 2 is 2.00 bits per heavy atom. The second-order valence-electron chi connectivity index (χ2n) is 6.94. The van der Waals surface area contributed by atoms with Gasteiger partial charge in [0.15, 0.2) is 5.75 Å². The van der Waals surface area contributed by atoms with Crippen molar-refractivity contribution in [2.75, 3.05) is 5.01 Å². The zero-order valence-electron chi connectivity index (χ0n) is 15.2. The fourth-order valence-corrected chi connectivity index (χ4v) is 4.73. The minimum Gasteiger partial charge on any atom is -0.503 e. The first-order valence-electron chi connectivity index (χ1n) is 9.30. The molecular formula is C22H19N3O2S. The normalized spacial score (nSPS) is 16.3. The summed E-state index contributed by atoms with van der Waals surface area (Å²) in [5.74, 6) is -0.251. The molecule has 5 nitrogen and oxygen atoms in total. The first-order chi connectivity index (χ1) is 13.7. The van der Waals surface area contributed by atoms with E-state index in [9.17, 15) is 9.90 Å². The van der Waals surface area contributed by atoms with Gasteiger partial charge < -0.3 is 5.11 Å². The molecule has 2 aliphatic rings. The maximum atomic E-state index is 12.1. The Morgan fingerprint density at radius 3 is 2.79 bits per heavy atom. The lowest BCUT2D eigenvalue weighted by atomic mass is 9.93. The zero-order valence-corrected chi connectivity index (χ0v) is 16.0. The standard InChI is InChI=1S/C22H19N3O2S/c26-17-11-12-24-21(22(17)27)19-18(28-14-23-19)13-25(24)20(15-7-3-1-4-8-15)16-9-5-2-6-10-16/h1,3-5,7-12,14,20,27H,2,6,13H2. The number of fused-ring (bicyclic) bond motifs is 3. The molecule has 1 aliphatic carbocycles. The van der Waals surface area contributed by atoms with Gasteiger partial charge in [-0.05, 0) is 24.0 Å². The van der Waals surface area contributed by atoms with Crippen LogP contribution in [0.25, 0.3) is 11.4 Å². The molecule has 1 aliphatic heterocycles. The van der Waals surface area contributed by atoms with E-state index in [2.05, 4.69) is 40.4 Å². The molecule has 28 heavy (non-hydrogen) atoms. The van der Waals surface area contributed by atoms with E-state index in [1.807, 2.05) is 22.9 Å². The van der Waals surface area contributed by atoms with E-state index >= 15 is 0 Å². The van der Waals surface area contributed by atoms with Gasteiger partial charge in [0, 0.05) is 12.3 Å². The Morgan fingerprint density at radius 1 is 1.14 bits per heavy atom. The number of nitrogens with zero attached hydrogens (tertiary/aromatic N) is 3. The van der Waals surface area contributed by atoms with Gasteiger partial charge in [-0.15, -0.1) is 11.3 Å². The molecule has 1 atom stereocenters. The van der Waals surface area contributed by atoms with Crippen molar-refractivity contribution in [3.05, 3.63) is 92.6 Å². The minimum absolute atomic E-state index is 0.0337. The lowest BCUT2D eigenvalue weighted by molar-refractivity contribution is 0.449. The highest BCUT2D eigenvalue weighted by atomic mass is 32.1. The fraction of sp³-hybridized carbons (Fsp3) is 0.182. The van der Waals surface area contributed by atoms with Crippen molar-refractivity contribution in [3.63, 3.8) is 0 Å². The maximum absolute atomic E-state index is 12.1. The summed E-state index contributed by atoms with van der Waals surface area (Å²) in [5.41, 5.74) is 4.92. The molecule has 0 saturated carbocycles. The smallest absolute Gasteiger partial charge is 0.224 e. The third-order valence-electron chi connectivity index (χ3n) is 5.25. The SMILES string of the molecule is O=c1ccn2c(c1O)-c1ncsc1CN2C(C1=CCCC=C1)c1ccccc1. The summed E-state index contributed by atoms with van der Waals surface area (Å²) in [6.07, 6.45) is 10.5. The van der Waals surface area contributed by atoms with Crippen LogP contribution in [0.3, 0.4) is 0 Å². The van der Waals surface area contributed by atoms with Crippen LogP contribution in [0, 0.1) is 0 Å². The summed E-state index contributed by atoms with van der Waals surface area (Å²) in [7, 11) is 0. The molecule has 0 radical (unpaired) electrons. The van der Waals surface area contributed by atoms with Crippen LogP contribution in [-0.2, 0) is 6.54 Å². The van der Waals surface area contributed by atoms with Gasteiger partial charge in [-0.25, -0.2) is 4.98 Å². The van der Waals surface area contributed by atoms with E-state index in [-0.39, 0.29) is 17.2 Å². The summed E-state index contributed by atoms with van der Waals surface area (Å²) in [6.45, 7) is 0.653. The molecule has 0 amide bonds. The van der Waals surface area contributed by atoms with Crippen LogP contribution in [0.15, 0.2) is 76.7 Å². The van der Waals surface area contributed by atoms with Gasteiger partial charge in [-0.1, -0.05) is 48.6 Å². The molecule has 2 aromatic heterocycles. The highest BCUT2D eigenvalue weighted by Crippen LogP contribution is 2.40. The summed E-state index contributed by atoms with van der Waals surface area (Å²) in [4.78, 5) is 17.6. The summed E-state index contributed by atoms with van der Waals surface area (Å²) >= 11 is 1.55. The van der Waals surface area contributed by atoms with Crippen LogP contribution in [0.2, 0.25) is 0 Å². The second kappa shape index (κ2) is 6.80. The maximum Gasteiger partial charge on any atom is 0.224 e. The third-order valence-corrected chi connectivity index (χ3v) is 6.07. The number of allylic oxidation sites excluding steroid dienone is 2. The Balaban J connectivity index is 1.73. The van der Waals surface area contributed by atoms with E-state index in [0.29, 0.717) is 17.9 Å². The number of hydrogen-bond donors (Lipinski definition) is 1. The topological polar surface area (TPSA) is 58.4 Å². The van der Waals surface area contributed by atoms with E-state index in [1.165, 1.54) is 11.6 Å². The number of hydrogen-bond acceptors (Lipinski definition) is 5. The molecule has 3 heterocycles. The Bertz CT molecular complexity index is 1140. The monoisotopic (exact) mass is 389 g/mol. The highest BCUT2D eigenvalue weighted by molar-refractivity contribution is 7.10. The number of benzene rings is 1. The molecule has 5 rings (SSSR count). The van der Waals surface area contributed by atoms with Crippen LogP contribution in [-0.4, -0.2) is 14.8 Å². The van der Waals surface area contributed by atoms with E-state index in [4.69, 9.17) is 0 Å². The summed E-state index contributed by atoms with van der Waals surface area (Å²) in [6, 6.07) is 11.7. The summed E-state index contributed by atoms with van der Waals surface area (Å²) < 4.78 is 1.89. The fourth-order valence-electron chi connectivity index (χ4n) is 3.97. The van der Waals surface area contributed by atoms with Gasteiger partial charge in [-0.3, -0.25) is 14.5 Å². The van der Waals surface area contributed by atoms with Crippen molar-refractivity contribution < 1.29 is 5.11 Å². The minimum atomic E-state index is -0.389. The van der Waals surface area contributed by atoms with Gasteiger partial charge >= 0.3 is 0 Å².